The molecule has 21 heavy (non-hydrogen) atoms. The van der Waals surface area contributed by atoms with Crippen LogP contribution >= 0.6 is 0 Å². The molecular formula is C17H25N3O. The first-order valence-electron chi connectivity index (χ1n) is 7.59. The molecule has 0 aliphatic heterocycles. The van der Waals surface area contributed by atoms with Gasteiger partial charge in [0.2, 0.25) is 5.91 Å². The van der Waals surface area contributed by atoms with Crippen molar-refractivity contribution in [2.75, 3.05) is 18.5 Å². The number of benzene rings is 1. The minimum absolute atomic E-state index is 0.109. The average Bonchev–Trinajstić information content (AvgIpc) is 2.52. The van der Waals surface area contributed by atoms with Gasteiger partial charge >= 0.3 is 0 Å². The van der Waals surface area contributed by atoms with Gasteiger partial charge in [-0.05, 0) is 49.6 Å². The third-order valence-electron chi connectivity index (χ3n) is 3.80. The molecule has 114 valence electrons. The van der Waals surface area contributed by atoms with Crippen LogP contribution in [0.4, 0.5) is 5.69 Å². The van der Waals surface area contributed by atoms with Crippen LogP contribution in [-0.4, -0.2) is 19.5 Å². The Balaban J connectivity index is 2.55. The molecule has 1 unspecified atom stereocenters. The van der Waals surface area contributed by atoms with E-state index in [1.165, 1.54) is 0 Å². The fourth-order valence-corrected chi connectivity index (χ4v) is 2.48. The molecule has 0 aliphatic rings. The molecule has 0 radical (unpaired) electrons. The number of hydrogen-bond acceptors (Lipinski definition) is 3. The van der Waals surface area contributed by atoms with E-state index in [0.717, 1.165) is 31.4 Å². The van der Waals surface area contributed by atoms with Gasteiger partial charge in [-0.3, -0.25) is 4.79 Å². The van der Waals surface area contributed by atoms with E-state index in [1.54, 1.807) is 36.2 Å². The highest BCUT2D eigenvalue weighted by atomic mass is 16.2. The summed E-state index contributed by atoms with van der Waals surface area (Å²) in [4.78, 5) is 13.9. The number of carbonyl (C=O) groups excluding carboxylic acids is 1. The van der Waals surface area contributed by atoms with Crippen LogP contribution in [0.2, 0.25) is 0 Å². The highest BCUT2D eigenvalue weighted by molar-refractivity contribution is 5.92. The highest BCUT2D eigenvalue weighted by Gasteiger charge is 2.14. The maximum absolute atomic E-state index is 12.2. The summed E-state index contributed by atoms with van der Waals surface area (Å²) < 4.78 is 0. The number of rotatable bonds is 8. The lowest BCUT2D eigenvalue weighted by molar-refractivity contribution is -0.118. The standard InChI is InChI=1S/C17H25N3O/c1-3-4-14(11-12-18)7-10-17(21)20(2)16-8-5-15(13-19)6-9-16/h5-6,8-9,14H,3-4,7,10-12,18H2,1-2H3. The molecule has 0 spiro atoms. The largest absolute Gasteiger partial charge is 0.330 e. The summed E-state index contributed by atoms with van der Waals surface area (Å²) in [5.41, 5.74) is 7.05. The van der Waals surface area contributed by atoms with Crippen molar-refractivity contribution in [1.29, 1.82) is 5.26 Å². The van der Waals surface area contributed by atoms with Gasteiger partial charge in [-0.15, -0.1) is 0 Å². The molecule has 1 rings (SSSR count). The first kappa shape index (κ1) is 17.2. The van der Waals surface area contributed by atoms with Gasteiger partial charge in [0.1, 0.15) is 0 Å². The van der Waals surface area contributed by atoms with Crippen LogP contribution in [-0.2, 0) is 4.79 Å². The van der Waals surface area contributed by atoms with Gasteiger partial charge in [-0.2, -0.15) is 5.26 Å². The quantitative estimate of drug-likeness (QED) is 0.798. The number of amides is 1. The maximum atomic E-state index is 12.2. The SMILES string of the molecule is CCCC(CCN)CCC(=O)N(C)c1ccc(C#N)cc1. The topological polar surface area (TPSA) is 70.1 Å². The fourth-order valence-electron chi connectivity index (χ4n) is 2.48. The van der Waals surface area contributed by atoms with E-state index in [9.17, 15) is 4.79 Å². The van der Waals surface area contributed by atoms with E-state index in [-0.39, 0.29) is 5.91 Å². The summed E-state index contributed by atoms with van der Waals surface area (Å²) in [7, 11) is 1.78. The summed E-state index contributed by atoms with van der Waals surface area (Å²) in [5.74, 6) is 0.649. The molecule has 2 N–H and O–H groups in total. The number of nitriles is 1. The van der Waals surface area contributed by atoms with Gasteiger partial charge in [0.05, 0.1) is 11.6 Å². The maximum Gasteiger partial charge on any atom is 0.226 e. The van der Waals surface area contributed by atoms with E-state index >= 15 is 0 Å². The molecule has 0 heterocycles. The Labute approximate surface area is 127 Å². The van der Waals surface area contributed by atoms with Gasteiger partial charge in [-0.25, -0.2) is 0 Å². The zero-order chi connectivity index (χ0) is 15.7. The molecule has 0 aliphatic carbocycles. The van der Waals surface area contributed by atoms with Crippen molar-refractivity contribution in [3.05, 3.63) is 29.8 Å². The van der Waals surface area contributed by atoms with Crippen molar-refractivity contribution in [2.45, 2.75) is 39.0 Å². The average molecular weight is 287 g/mol. The van der Waals surface area contributed by atoms with Gasteiger partial charge in [0, 0.05) is 19.2 Å². The zero-order valence-electron chi connectivity index (χ0n) is 13.0. The Kier molecular flexibility index (Phi) is 7.49. The minimum atomic E-state index is 0.109. The summed E-state index contributed by atoms with van der Waals surface area (Å²) in [6, 6.07) is 9.15. The third-order valence-corrected chi connectivity index (χ3v) is 3.80. The van der Waals surface area contributed by atoms with Crippen LogP contribution in [0.5, 0.6) is 0 Å². The molecule has 0 fully saturated rings. The van der Waals surface area contributed by atoms with Crippen LogP contribution < -0.4 is 10.6 Å². The van der Waals surface area contributed by atoms with E-state index in [0.29, 0.717) is 24.4 Å². The molecule has 0 bridgehead atoms. The van der Waals surface area contributed by atoms with Crippen molar-refractivity contribution in [3.8, 4) is 6.07 Å². The Morgan fingerprint density at radius 2 is 1.95 bits per heavy atom. The number of anilines is 1. The summed E-state index contributed by atoms with van der Waals surface area (Å²) in [6.07, 6.45) is 4.68. The van der Waals surface area contributed by atoms with E-state index in [2.05, 4.69) is 13.0 Å². The first-order valence-corrected chi connectivity index (χ1v) is 7.59. The van der Waals surface area contributed by atoms with Crippen molar-refractivity contribution in [1.82, 2.24) is 0 Å². The number of hydrogen-bond donors (Lipinski definition) is 1. The van der Waals surface area contributed by atoms with Crippen molar-refractivity contribution in [3.63, 3.8) is 0 Å². The number of nitrogens with two attached hydrogens (primary N) is 1. The van der Waals surface area contributed by atoms with E-state index in [1.807, 2.05) is 0 Å². The van der Waals surface area contributed by atoms with Crippen LogP contribution in [0.1, 0.15) is 44.6 Å². The second-order valence-electron chi connectivity index (χ2n) is 5.38. The molecule has 0 aromatic heterocycles. The molecule has 1 aromatic rings. The molecule has 1 amide bonds. The number of carbonyl (C=O) groups is 1. The Bertz CT molecular complexity index is 470. The van der Waals surface area contributed by atoms with Crippen LogP contribution in [0.25, 0.3) is 0 Å². The van der Waals surface area contributed by atoms with Crippen molar-refractivity contribution < 1.29 is 4.79 Å². The lowest BCUT2D eigenvalue weighted by Gasteiger charge is -2.20. The van der Waals surface area contributed by atoms with E-state index < -0.39 is 0 Å². The summed E-state index contributed by atoms with van der Waals surface area (Å²) >= 11 is 0. The van der Waals surface area contributed by atoms with Crippen LogP contribution in [0.15, 0.2) is 24.3 Å². The predicted octanol–water partition coefficient (Wildman–Crippen LogP) is 3.07. The molecule has 0 saturated carbocycles. The summed E-state index contributed by atoms with van der Waals surface area (Å²) in [6.45, 7) is 2.85. The molecular weight excluding hydrogens is 262 g/mol. The lowest BCUT2D eigenvalue weighted by Crippen LogP contribution is -2.26. The molecule has 1 aromatic carbocycles. The Hall–Kier alpha value is -1.86. The van der Waals surface area contributed by atoms with Gasteiger partial charge in [0.25, 0.3) is 0 Å². The normalized spacial score (nSPS) is 11.7. The number of nitrogens with zero attached hydrogens (tertiary/aromatic N) is 2. The first-order chi connectivity index (χ1) is 10.1. The smallest absolute Gasteiger partial charge is 0.226 e. The fraction of sp³-hybridized carbons (Fsp3) is 0.529. The van der Waals surface area contributed by atoms with Crippen molar-refractivity contribution in [2.24, 2.45) is 11.7 Å². The Morgan fingerprint density at radius 1 is 1.29 bits per heavy atom. The monoisotopic (exact) mass is 287 g/mol. The second-order valence-corrected chi connectivity index (χ2v) is 5.38. The molecule has 4 nitrogen and oxygen atoms in total. The highest BCUT2D eigenvalue weighted by Crippen LogP contribution is 2.20. The zero-order valence-corrected chi connectivity index (χ0v) is 13.0. The lowest BCUT2D eigenvalue weighted by atomic mass is 9.94. The molecule has 4 heteroatoms. The van der Waals surface area contributed by atoms with Crippen molar-refractivity contribution >= 4 is 11.6 Å². The predicted molar refractivity (Wildman–Crippen MR) is 85.9 cm³/mol. The molecule has 0 saturated heterocycles. The van der Waals surface area contributed by atoms with Gasteiger partial charge in [-0.1, -0.05) is 19.8 Å². The minimum Gasteiger partial charge on any atom is -0.330 e. The van der Waals surface area contributed by atoms with Gasteiger partial charge in [0.15, 0.2) is 0 Å². The van der Waals surface area contributed by atoms with Gasteiger partial charge < -0.3 is 10.6 Å². The van der Waals surface area contributed by atoms with Crippen LogP contribution in [0.3, 0.4) is 0 Å². The van der Waals surface area contributed by atoms with Crippen LogP contribution in [0, 0.1) is 17.2 Å². The van der Waals surface area contributed by atoms with E-state index in [4.69, 9.17) is 11.0 Å². The third kappa shape index (κ3) is 5.57. The molecule has 1 atom stereocenters. The summed E-state index contributed by atoms with van der Waals surface area (Å²) in [5, 5.41) is 8.78. The Morgan fingerprint density at radius 3 is 2.48 bits per heavy atom. The second kappa shape index (κ2) is 9.15.